The Labute approximate surface area is 96.7 Å². The zero-order valence-corrected chi connectivity index (χ0v) is 11.1. The van der Waals surface area contributed by atoms with Crippen molar-refractivity contribution in [3.8, 4) is 0 Å². The van der Waals surface area contributed by atoms with Gasteiger partial charge >= 0.3 is 0 Å². The minimum absolute atomic E-state index is 0.351. The highest BCUT2D eigenvalue weighted by atomic mass is 32.2. The van der Waals surface area contributed by atoms with Crippen LogP contribution in [-0.2, 0) is 10.8 Å². The van der Waals surface area contributed by atoms with Crippen molar-refractivity contribution in [2.75, 3.05) is 7.05 Å². The fourth-order valence-corrected chi connectivity index (χ4v) is 4.26. The summed E-state index contributed by atoms with van der Waals surface area (Å²) >= 11 is 0. The Bertz CT molecular complexity index is 208. The van der Waals surface area contributed by atoms with Crippen molar-refractivity contribution in [2.24, 2.45) is 0 Å². The highest BCUT2D eigenvalue weighted by Crippen LogP contribution is 2.24. The molecule has 1 aliphatic rings. The largest absolute Gasteiger partial charge is 0.316 e. The van der Waals surface area contributed by atoms with E-state index in [0.29, 0.717) is 16.5 Å². The molecular formula is C12H25NOS. The van der Waals surface area contributed by atoms with E-state index in [1.165, 1.54) is 25.7 Å². The Hall–Kier alpha value is 0.110. The fraction of sp³-hybridized carbons (Fsp3) is 1.00. The average Bonchev–Trinajstić information content (AvgIpc) is 2.51. The van der Waals surface area contributed by atoms with E-state index in [2.05, 4.69) is 19.2 Å². The van der Waals surface area contributed by atoms with Gasteiger partial charge in [-0.1, -0.05) is 33.1 Å². The van der Waals surface area contributed by atoms with Gasteiger partial charge in [-0.2, -0.15) is 0 Å². The molecule has 90 valence electrons. The summed E-state index contributed by atoms with van der Waals surface area (Å²) < 4.78 is 12.3. The van der Waals surface area contributed by atoms with Gasteiger partial charge < -0.3 is 5.32 Å². The molecule has 1 fully saturated rings. The van der Waals surface area contributed by atoms with E-state index >= 15 is 0 Å². The van der Waals surface area contributed by atoms with Crippen molar-refractivity contribution in [1.82, 2.24) is 5.32 Å². The normalized spacial score (nSPS) is 31.9. The first-order valence-electron chi connectivity index (χ1n) is 6.27. The van der Waals surface area contributed by atoms with Crippen molar-refractivity contribution in [1.29, 1.82) is 0 Å². The maximum Gasteiger partial charge on any atom is 0.0503 e. The lowest BCUT2D eigenvalue weighted by molar-refractivity contribution is 0.497. The lowest BCUT2D eigenvalue weighted by Crippen LogP contribution is -2.41. The summed E-state index contributed by atoms with van der Waals surface area (Å²) in [6, 6.07) is 0.474. The molecule has 3 heteroatoms. The molecule has 4 atom stereocenters. The van der Waals surface area contributed by atoms with Crippen LogP contribution in [0.25, 0.3) is 0 Å². The number of hydrogen-bond donors (Lipinski definition) is 1. The monoisotopic (exact) mass is 231 g/mol. The predicted molar refractivity (Wildman–Crippen MR) is 67.6 cm³/mol. The zero-order valence-electron chi connectivity index (χ0n) is 10.3. The maximum atomic E-state index is 12.3. The van der Waals surface area contributed by atoms with Gasteiger partial charge in [0.1, 0.15) is 0 Å². The van der Waals surface area contributed by atoms with E-state index < -0.39 is 10.8 Å². The minimum Gasteiger partial charge on any atom is -0.316 e. The van der Waals surface area contributed by atoms with E-state index in [4.69, 9.17) is 0 Å². The summed E-state index contributed by atoms with van der Waals surface area (Å²) in [7, 11) is 1.36. The summed E-state index contributed by atoms with van der Waals surface area (Å²) in [6.45, 7) is 4.25. The van der Waals surface area contributed by atoms with Crippen LogP contribution in [0.15, 0.2) is 0 Å². The van der Waals surface area contributed by atoms with Crippen molar-refractivity contribution in [3.63, 3.8) is 0 Å². The van der Waals surface area contributed by atoms with Gasteiger partial charge in [0.25, 0.3) is 0 Å². The Balaban J connectivity index is 2.65. The second kappa shape index (κ2) is 6.64. The molecule has 0 saturated heterocycles. The topological polar surface area (TPSA) is 29.1 Å². The van der Waals surface area contributed by atoms with Crippen LogP contribution in [0.5, 0.6) is 0 Å². The molecule has 0 spiro atoms. The first-order chi connectivity index (χ1) is 7.20. The SMILES string of the molecule is CCC(C)S(=O)C1CCCCCC1NC. The molecule has 0 radical (unpaired) electrons. The van der Waals surface area contributed by atoms with Crippen LogP contribution in [0.1, 0.15) is 52.4 Å². The first kappa shape index (κ1) is 13.2. The molecule has 0 aromatic heterocycles. The second-order valence-corrected chi connectivity index (χ2v) is 6.69. The van der Waals surface area contributed by atoms with Gasteiger partial charge in [0, 0.05) is 22.1 Å². The second-order valence-electron chi connectivity index (χ2n) is 4.62. The summed E-state index contributed by atoms with van der Waals surface area (Å²) in [6.07, 6.45) is 7.22. The van der Waals surface area contributed by atoms with Crippen LogP contribution in [0.4, 0.5) is 0 Å². The van der Waals surface area contributed by atoms with Gasteiger partial charge in [-0.25, -0.2) is 0 Å². The highest BCUT2D eigenvalue weighted by molar-refractivity contribution is 7.86. The van der Waals surface area contributed by atoms with E-state index in [0.717, 1.165) is 12.8 Å². The van der Waals surface area contributed by atoms with Crippen molar-refractivity contribution >= 4 is 10.8 Å². The molecule has 0 bridgehead atoms. The molecule has 1 rings (SSSR count). The molecule has 1 N–H and O–H groups in total. The molecular weight excluding hydrogens is 206 g/mol. The van der Waals surface area contributed by atoms with Crippen molar-refractivity contribution in [2.45, 2.75) is 68.9 Å². The van der Waals surface area contributed by atoms with Crippen LogP contribution >= 0.6 is 0 Å². The van der Waals surface area contributed by atoms with Crippen LogP contribution in [-0.4, -0.2) is 27.8 Å². The van der Waals surface area contributed by atoms with Gasteiger partial charge in [0.15, 0.2) is 0 Å². The minimum atomic E-state index is -0.655. The standard InChI is InChI=1S/C12H25NOS/c1-4-10(2)15(14)12-9-7-5-6-8-11(12)13-3/h10-13H,4-9H2,1-3H3. The zero-order chi connectivity index (χ0) is 11.3. The van der Waals surface area contributed by atoms with E-state index in [1.54, 1.807) is 0 Å². The number of rotatable bonds is 4. The number of nitrogens with one attached hydrogen (secondary N) is 1. The molecule has 0 aliphatic heterocycles. The van der Waals surface area contributed by atoms with Gasteiger partial charge in [0.2, 0.25) is 0 Å². The van der Waals surface area contributed by atoms with Gasteiger partial charge in [-0.05, 0) is 26.3 Å². The molecule has 1 saturated carbocycles. The van der Waals surface area contributed by atoms with E-state index in [1.807, 2.05) is 7.05 Å². The first-order valence-corrected chi connectivity index (χ1v) is 7.55. The van der Waals surface area contributed by atoms with Crippen LogP contribution in [0.3, 0.4) is 0 Å². The predicted octanol–water partition coefficient (Wildman–Crippen LogP) is 2.45. The molecule has 0 aromatic carbocycles. The average molecular weight is 231 g/mol. The van der Waals surface area contributed by atoms with Gasteiger partial charge in [0.05, 0.1) is 5.25 Å². The molecule has 0 heterocycles. The summed E-state index contributed by atoms with van der Waals surface area (Å²) in [4.78, 5) is 0. The Kier molecular flexibility index (Phi) is 5.83. The summed E-state index contributed by atoms with van der Waals surface area (Å²) in [5.74, 6) is 0. The van der Waals surface area contributed by atoms with Crippen LogP contribution < -0.4 is 5.32 Å². The Morgan fingerprint density at radius 1 is 1.33 bits per heavy atom. The summed E-state index contributed by atoms with van der Waals surface area (Å²) in [5.41, 5.74) is 0. The number of hydrogen-bond acceptors (Lipinski definition) is 2. The van der Waals surface area contributed by atoms with E-state index in [-0.39, 0.29) is 0 Å². The van der Waals surface area contributed by atoms with E-state index in [9.17, 15) is 4.21 Å². The lowest BCUT2D eigenvalue weighted by Gasteiger charge is -2.26. The third-order valence-corrected chi connectivity index (χ3v) is 5.88. The fourth-order valence-electron chi connectivity index (χ4n) is 2.34. The maximum absolute atomic E-state index is 12.3. The Morgan fingerprint density at radius 3 is 2.60 bits per heavy atom. The quantitative estimate of drug-likeness (QED) is 0.753. The van der Waals surface area contributed by atoms with Crippen LogP contribution in [0.2, 0.25) is 0 Å². The third kappa shape index (κ3) is 3.56. The molecule has 2 nitrogen and oxygen atoms in total. The van der Waals surface area contributed by atoms with Crippen LogP contribution in [0, 0.1) is 0 Å². The molecule has 0 aromatic rings. The van der Waals surface area contributed by atoms with Gasteiger partial charge in [-0.3, -0.25) is 4.21 Å². The van der Waals surface area contributed by atoms with Crippen molar-refractivity contribution in [3.05, 3.63) is 0 Å². The third-order valence-electron chi connectivity index (χ3n) is 3.59. The smallest absolute Gasteiger partial charge is 0.0503 e. The Morgan fingerprint density at radius 2 is 2.00 bits per heavy atom. The highest BCUT2D eigenvalue weighted by Gasteiger charge is 2.29. The van der Waals surface area contributed by atoms with Gasteiger partial charge in [-0.15, -0.1) is 0 Å². The molecule has 15 heavy (non-hydrogen) atoms. The molecule has 0 amide bonds. The molecule has 1 aliphatic carbocycles. The lowest BCUT2D eigenvalue weighted by atomic mass is 10.1. The van der Waals surface area contributed by atoms with Crippen molar-refractivity contribution < 1.29 is 4.21 Å². The summed E-state index contributed by atoms with van der Waals surface area (Å²) in [5, 5.41) is 4.09. The molecule has 4 unspecified atom stereocenters.